The first-order valence-electron chi connectivity index (χ1n) is 9.01. The highest BCUT2D eigenvalue weighted by Gasteiger charge is 2.29. The molecule has 0 bridgehead atoms. The summed E-state index contributed by atoms with van der Waals surface area (Å²) in [6.45, 7) is 7.36. The van der Waals surface area contributed by atoms with Gasteiger partial charge in [-0.1, -0.05) is 30.3 Å². The maximum absolute atomic E-state index is 12.8. The van der Waals surface area contributed by atoms with Crippen molar-refractivity contribution in [1.29, 1.82) is 0 Å². The highest BCUT2D eigenvalue weighted by atomic mass is 16.6. The van der Waals surface area contributed by atoms with Gasteiger partial charge in [0.1, 0.15) is 17.9 Å². The van der Waals surface area contributed by atoms with Crippen molar-refractivity contribution in [2.75, 3.05) is 13.1 Å². The predicted molar refractivity (Wildman–Crippen MR) is 102 cm³/mol. The minimum atomic E-state index is -1.08. The number of ether oxygens (including phenoxy) is 1. The molecule has 0 saturated carbocycles. The summed E-state index contributed by atoms with van der Waals surface area (Å²) in [6, 6.07) is 8.76. The second-order valence-electron chi connectivity index (χ2n) is 6.23. The van der Waals surface area contributed by atoms with E-state index in [1.807, 2.05) is 13.8 Å². The lowest BCUT2D eigenvalue weighted by molar-refractivity contribution is -0.386. The number of hydrogen-bond acceptors (Lipinski definition) is 6. The Hall–Kier alpha value is -3.23. The van der Waals surface area contributed by atoms with Gasteiger partial charge in [0.25, 0.3) is 5.91 Å². The predicted octanol–water partition coefficient (Wildman–Crippen LogP) is 2.56. The van der Waals surface area contributed by atoms with E-state index < -0.39 is 17.0 Å². The maximum Gasteiger partial charge on any atom is 0.328 e. The fraction of sp³-hybridized carbons (Fsp3) is 0.421. The van der Waals surface area contributed by atoms with Crippen LogP contribution in [0.4, 0.5) is 5.69 Å². The standard InChI is InChI=1S/C19H24N4O5/c1-5-21(6-2)19(25)18(15-10-8-7-9-11-15)28-16(24)12-22-14(4)17(23(26)27)13(3)20-22/h7-11,18H,5-6,12H2,1-4H3/t18-/m1/s1. The zero-order valence-electron chi connectivity index (χ0n) is 16.4. The molecule has 1 amide bonds. The number of carbonyl (C=O) groups is 2. The van der Waals surface area contributed by atoms with E-state index in [9.17, 15) is 19.7 Å². The first kappa shape index (κ1) is 21.1. The van der Waals surface area contributed by atoms with Crippen LogP contribution in [0.3, 0.4) is 0 Å². The first-order chi connectivity index (χ1) is 13.3. The number of aryl methyl sites for hydroxylation is 1. The van der Waals surface area contributed by atoms with Gasteiger partial charge in [-0.3, -0.25) is 24.4 Å². The summed E-state index contributed by atoms with van der Waals surface area (Å²) >= 11 is 0. The molecule has 0 radical (unpaired) electrons. The number of aromatic nitrogens is 2. The molecule has 0 aliphatic carbocycles. The van der Waals surface area contributed by atoms with Gasteiger partial charge in [-0.2, -0.15) is 5.10 Å². The molecule has 0 spiro atoms. The fourth-order valence-corrected chi connectivity index (χ4v) is 2.99. The molecule has 0 aliphatic heterocycles. The minimum absolute atomic E-state index is 0.133. The molecule has 0 fully saturated rings. The molecule has 9 heteroatoms. The SMILES string of the molecule is CCN(CC)C(=O)[C@H](OC(=O)Cn1nc(C)c([N+](=O)[O-])c1C)c1ccccc1. The van der Waals surface area contributed by atoms with Gasteiger partial charge in [0, 0.05) is 18.7 Å². The fourth-order valence-electron chi connectivity index (χ4n) is 2.99. The Morgan fingerprint density at radius 2 is 1.82 bits per heavy atom. The lowest BCUT2D eigenvalue weighted by Crippen LogP contribution is -2.37. The Balaban J connectivity index is 2.25. The monoisotopic (exact) mass is 388 g/mol. The molecule has 0 unspecified atom stereocenters. The summed E-state index contributed by atoms with van der Waals surface area (Å²) in [5, 5.41) is 15.2. The number of benzene rings is 1. The van der Waals surface area contributed by atoms with Gasteiger partial charge < -0.3 is 9.64 Å². The van der Waals surface area contributed by atoms with Gasteiger partial charge in [-0.15, -0.1) is 0 Å². The van der Waals surface area contributed by atoms with Crippen LogP contribution in [0.15, 0.2) is 30.3 Å². The first-order valence-corrected chi connectivity index (χ1v) is 9.01. The van der Waals surface area contributed by atoms with E-state index in [4.69, 9.17) is 4.74 Å². The average molecular weight is 388 g/mol. The maximum atomic E-state index is 12.8. The van der Waals surface area contributed by atoms with Gasteiger partial charge in [0.05, 0.1) is 4.92 Å². The Kier molecular flexibility index (Phi) is 6.86. The van der Waals surface area contributed by atoms with Crippen LogP contribution in [-0.2, 0) is 20.9 Å². The van der Waals surface area contributed by atoms with Crippen molar-refractivity contribution in [3.8, 4) is 0 Å². The average Bonchev–Trinajstić information content (AvgIpc) is 2.94. The molecular weight excluding hydrogens is 364 g/mol. The van der Waals surface area contributed by atoms with Gasteiger partial charge in [0.2, 0.25) is 6.10 Å². The quantitative estimate of drug-likeness (QED) is 0.391. The number of likely N-dealkylation sites (N-methyl/N-ethyl adjacent to an activating group) is 1. The third-order valence-corrected chi connectivity index (χ3v) is 4.46. The van der Waals surface area contributed by atoms with Gasteiger partial charge >= 0.3 is 11.7 Å². The molecular formula is C19H24N4O5. The van der Waals surface area contributed by atoms with Crippen LogP contribution in [0.25, 0.3) is 0 Å². The van der Waals surface area contributed by atoms with Gasteiger partial charge in [-0.05, 0) is 27.7 Å². The van der Waals surface area contributed by atoms with Crippen molar-refractivity contribution in [2.24, 2.45) is 0 Å². The van der Waals surface area contributed by atoms with Crippen molar-refractivity contribution in [2.45, 2.75) is 40.3 Å². The van der Waals surface area contributed by atoms with Crippen LogP contribution in [0.2, 0.25) is 0 Å². The molecule has 0 aliphatic rings. The Bertz CT molecular complexity index is 859. The lowest BCUT2D eigenvalue weighted by atomic mass is 10.1. The number of carbonyl (C=O) groups excluding carboxylic acids is 2. The topological polar surface area (TPSA) is 108 Å². The molecule has 2 rings (SSSR count). The molecule has 1 heterocycles. The van der Waals surface area contributed by atoms with Crippen LogP contribution in [0.5, 0.6) is 0 Å². The van der Waals surface area contributed by atoms with E-state index in [1.165, 1.54) is 18.5 Å². The van der Waals surface area contributed by atoms with E-state index in [0.717, 1.165) is 0 Å². The van der Waals surface area contributed by atoms with Crippen LogP contribution in [0.1, 0.15) is 36.9 Å². The van der Waals surface area contributed by atoms with E-state index in [-0.39, 0.29) is 29.5 Å². The van der Waals surface area contributed by atoms with E-state index >= 15 is 0 Å². The molecule has 1 aromatic heterocycles. The van der Waals surface area contributed by atoms with Crippen LogP contribution >= 0.6 is 0 Å². The second kappa shape index (κ2) is 9.12. The van der Waals surface area contributed by atoms with E-state index in [1.54, 1.807) is 35.2 Å². The zero-order chi connectivity index (χ0) is 20.8. The number of hydrogen-bond donors (Lipinski definition) is 0. The molecule has 2 aromatic rings. The highest BCUT2D eigenvalue weighted by Crippen LogP contribution is 2.23. The van der Waals surface area contributed by atoms with Gasteiger partial charge in [-0.25, -0.2) is 0 Å². The smallest absolute Gasteiger partial charge is 0.328 e. The number of amides is 1. The largest absolute Gasteiger partial charge is 0.446 e. The minimum Gasteiger partial charge on any atom is -0.446 e. The Morgan fingerprint density at radius 3 is 2.32 bits per heavy atom. The Labute approximate surface area is 163 Å². The molecule has 0 saturated heterocycles. The van der Waals surface area contributed by atoms with Crippen LogP contribution < -0.4 is 0 Å². The number of nitro groups is 1. The van der Waals surface area contributed by atoms with Crippen molar-refractivity contribution >= 4 is 17.6 Å². The summed E-state index contributed by atoms with van der Waals surface area (Å²) in [6.07, 6.45) is -1.08. The highest BCUT2D eigenvalue weighted by molar-refractivity contribution is 5.85. The van der Waals surface area contributed by atoms with Crippen molar-refractivity contribution in [3.05, 3.63) is 57.4 Å². The number of nitrogens with zero attached hydrogens (tertiary/aromatic N) is 4. The van der Waals surface area contributed by atoms with E-state index in [0.29, 0.717) is 18.7 Å². The van der Waals surface area contributed by atoms with E-state index in [2.05, 4.69) is 5.10 Å². The molecule has 1 aromatic carbocycles. The third-order valence-electron chi connectivity index (χ3n) is 4.46. The zero-order valence-corrected chi connectivity index (χ0v) is 16.4. The van der Waals surface area contributed by atoms with Crippen LogP contribution in [-0.4, -0.2) is 44.6 Å². The summed E-state index contributed by atoms with van der Waals surface area (Å²) in [5.41, 5.74) is 0.902. The van der Waals surface area contributed by atoms with Crippen molar-refractivity contribution < 1.29 is 19.2 Å². The molecule has 0 N–H and O–H groups in total. The van der Waals surface area contributed by atoms with Crippen LogP contribution in [0, 0.1) is 24.0 Å². The molecule has 1 atom stereocenters. The molecule has 28 heavy (non-hydrogen) atoms. The summed E-state index contributed by atoms with van der Waals surface area (Å²) < 4.78 is 6.71. The summed E-state index contributed by atoms with van der Waals surface area (Å²) in [4.78, 5) is 37.5. The Morgan fingerprint density at radius 1 is 1.21 bits per heavy atom. The van der Waals surface area contributed by atoms with Crippen molar-refractivity contribution in [3.63, 3.8) is 0 Å². The van der Waals surface area contributed by atoms with Gasteiger partial charge in [0.15, 0.2) is 0 Å². The summed E-state index contributed by atoms with van der Waals surface area (Å²) in [7, 11) is 0. The summed E-state index contributed by atoms with van der Waals surface area (Å²) in [5.74, 6) is -1.02. The molecule has 150 valence electrons. The normalized spacial score (nSPS) is 11.7. The second-order valence-corrected chi connectivity index (χ2v) is 6.23. The molecule has 9 nitrogen and oxygen atoms in total. The number of esters is 1. The van der Waals surface area contributed by atoms with Crippen molar-refractivity contribution in [1.82, 2.24) is 14.7 Å². The lowest BCUT2D eigenvalue weighted by Gasteiger charge is -2.25. The number of rotatable bonds is 8. The third kappa shape index (κ3) is 4.54.